The van der Waals surface area contributed by atoms with Crippen molar-refractivity contribution in [2.75, 3.05) is 37.4 Å². The summed E-state index contributed by atoms with van der Waals surface area (Å²) in [6.45, 7) is 8.59. The molecule has 1 aliphatic heterocycles. The topological polar surface area (TPSA) is 64.8 Å². The first kappa shape index (κ1) is 15.9. The number of thiophene rings is 1. The fourth-order valence-corrected chi connectivity index (χ4v) is 3.74. The quantitative estimate of drug-likeness (QED) is 0.866. The molecule has 6 heteroatoms. The lowest BCUT2D eigenvalue weighted by Crippen LogP contribution is -2.38. The third-order valence-electron chi connectivity index (χ3n) is 4.17. The van der Waals surface area contributed by atoms with Crippen LogP contribution < -0.4 is 15.4 Å². The fourth-order valence-electron chi connectivity index (χ4n) is 2.62. The maximum Gasteiger partial charge on any atom is 0.350 e. The molecule has 0 aliphatic carbocycles. The van der Waals surface area contributed by atoms with E-state index in [9.17, 15) is 4.79 Å². The number of nitrogens with two attached hydrogens (primary N) is 1. The predicted octanol–water partition coefficient (Wildman–Crippen LogP) is 3.00. The number of carbonyl (C=O) groups is 1. The van der Waals surface area contributed by atoms with Crippen LogP contribution in [0.3, 0.4) is 0 Å². The highest BCUT2D eigenvalue weighted by atomic mass is 32.1. The van der Waals surface area contributed by atoms with E-state index in [1.807, 2.05) is 0 Å². The number of carbonyl (C=O) groups excluding carboxylic acids is 1. The van der Waals surface area contributed by atoms with Gasteiger partial charge in [-0.1, -0.05) is 13.8 Å². The molecule has 0 radical (unpaired) electrons. The summed E-state index contributed by atoms with van der Waals surface area (Å²) in [6, 6.07) is 0. The number of rotatable bonds is 4. The second kappa shape index (κ2) is 6.56. The Balaban J connectivity index is 2.31. The van der Waals surface area contributed by atoms with Gasteiger partial charge in [0.05, 0.1) is 13.7 Å². The minimum absolute atomic E-state index is 0.339. The molecule has 1 aliphatic rings. The summed E-state index contributed by atoms with van der Waals surface area (Å²) in [7, 11) is 1.59. The molecule has 2 rings (SSSR count). The van der Waals surface area contributed by atoms with E-state index in [1.54, 1.807) is 14.0 Å². The second-order valence-corrected chi connectivity index (χ2v) is 6.59. The Labute approximate surface area is 130 Å². The number of hydrogen-bond donors (Lipinski definition) is 1. The van der Waals surface area contributed by atoms with Gasteiger partial charge in [-0.3, -0.25) is 0 Å². The van der Waals surface area contributed by atoms with Gasteiger partial charge in [-0.25, -0.2) is 4.79 Å². The minimum Gasteiger partial charge on any atom is -0.492 e. The average molecular weight is 312 g/mol. The number of esters is 1. The van der Waals surface area contributed by atoms with Gasteiger partial charge < -0.3 is 20.1 Å². The summed E-state index contributed by atoms with van der Waals surface area (Å²) in [5.41, 5.74) is 6.46. The van der Waals surface area contributed by atoms with E-state index in [-0.39, 0.29) is 5.97 Å². The number of anilines is 2. The molecule has 2 N–H and O–H groups in total. The number of ether oxygens (including phenoxy) is 2. The number of nitrogen functional groups attached to an aromatic ring is 1. The highest BCUT2D eigenvalue weighted by Gasteiger charge is 2.30. The highest BCUT2D eigenvalue weighted by Crippen LogP contribution is 2.46. The predicted molar refractivity (Wildman–Crippen MR) is 86.4 cm³/mol. The Morgan fingerprint density at radius 3 is 2.71 bits per heavy atom. The Bertz CT molecular complexity index is 515. The van der Waals surface area contributed by atoms with Crippen LogP contribution in [0.4, 0.5) is 10.7 Å². The molecule has 0 aromatic carbocycles. The van der Waals surface area contributed by atoms with Crippen molar-refractivity contribution in [2.24, 2.45) is 11.8 Å². The highest BCUT2D eigenvalue weighted by molar-refractivity contribution is 7.19. The fraction of sp³-hybridized carbons (Fsp3) is 0.667. The lowest BCUT2D eigenvalue weighted by atomic mass is 9.89. The molecule has 5 nitrogen and oxygen atoms in total. The normalized spacial score (nSPS) is 22.2. The molecule has 0 bridgehead atoms. The van der Waals surface area contributed by atoms with Gasteiger partial charge >= 0.3 is 5.97 Å². The zero-order valence-electron chi connectivity index (χ0n) is 13.1. The first-order chi connectivity index (χ1) is 9.99. The summed E-state index contributed by atoms with van der Waals surface area (Å²) < 4.78 is 10.5. The molecule has 2 unspecified atom stereocenters. The standard InChI is InChI=1S/C15H24N2O3S/c1-5-20-15(18)13-11(16)12(19-4)14(21-13)17-7-6-9(2)10(3)8-17/h9-10H,5-8,16H2,1-4H3. The van der Waals surface area contributed by atoms with Crippen LogP contribution in [0, 0.1) is 11.8 Å². The van der Waals surface area contributed by atoms with E-state index in [0.29, 0.717) is 34.8 Å². The van der Waals surface area contributed by atoms with Gasteiger partial charge in [0.25, 0.3) is 0 Å². The molecule has 2 heterocycles. The van der Waals surface area contributed by atoms with E-state index in [0.717, 1.165) is 24.5 Å². The van der Waals surface area contributed by atoms with Crippen LogP contribution in [0.2, 0.25) is 0 Å². The average Bonchev–Trinajstić information content (AvgIpc) is 2.79. The Hall–Kier alpha value is -1.43. The van der Waals surface area contributed by atoms with Crippen molar-refractivity contribution in [2.45, 2.75) is 27.2 Å². The first-order valence-electron chi connectivity index (χ1n) is 7.37. The third kappa shape index (κ3) is 3.10. The van der Waals surface area contributed by atoms with Gasteiger partial charge in [0, 0.05) is 13.1 Å². The van der Waals surface area contributed by atoms with E-state index in [2.05, 4.69) is 18.7 Å². The summed E-state index contributed by atoms with van der Waals surface area (Å²) in [4.78, 5) is 14.7. The van der Waals surface area contributed by atoms with Crippen molar-refractivity contribution in [1.29, 1.82) is 0 Å². The van der Waals surface area contributed by atoms with Gasteiger partial charge in [-0.15, -0.1) is 11.3 Å². The molecule has 0 amide bonds. The van der Waals surface area contributed by atoms with Crippen LogP contribution in [-0.4, -0.2) is 32.8 Å². The van der Waals surface area contributed by atoms with Crippen molar-refractivity contribution >= 4 is 28.0 Å². The summed E-state index contributed by atoms with van der Waals surface area (Å²) in [5.74, 6) is 1.56. The van der Waals surface area contributed by atoms with Crippen LogP contribution in [0.25, 0.3) is 0 Å². The molecule has 118 valence electrons. The number of nitrogens with zero attached hydrogens (tertiary/aromatic N) is 1. The second-order valence-electron chi connectivity index (χ2n) is 5.59. The molecule has 1 aromatic rings. The third-order valence-corrected chi connectivity index (χ3v) is 5.40. The summed E-state index contributed by atoms with van der Waals surface area (Å²) >= 11 is 1.37. The number of methoxy groups -OCH3 is 1. The summed E-state index contributed by atoms with van der Waals surface area (Å²) in [5, 5.41) is 0.941. The van der Waals surface area contributed by atoms with Crippen LogP contribution in [-0.2, 0) is 4.74 Å². The molecule has 21 heavy (non-hydrogen) atoms. The zero-order chi connectivity index (χ0) is 15.6. The van der Waals surface area contributed by atoms with Gasteiger partial charge in [-0.05, 0) is 25.2 Å². The molecule has 1 aromatic heterocycles. The maximum atomic E-state index is 12.0. The lowest BCUT2D eigenvalue weighted by Gasteiger charge is -2.36. The molecule has 2 atom stereocenters. The summed E-state index contributed by atoms with van der Waals surface area (Å²) in [6.07, 6.45) is 1.14. The van der Waals surface area contributed by atoms with Crippen LogP contribution >= 0.6 is 11.3 Å². The Morgan fingerprint density at radius 2 is 2.14 bits per heavy atom. The molecule has 0 saturated carbocycles. The molecule has 0 spiro atoms. The molecular weight excluding hydrogens is 288 g/mol. The molecular formula is C15H24N2O3S. The molecule has 1 saturated heterocycles. The zero-order valence-corrected chi connectivity index (χ0v) is 14.0. The number of piperidine rings is 1. The monoisotopic (exact) mass is 312 g/mol. The van der Waals surface area contributed by atoms with Crippen molar-refractivity contribution in [3.63, 3.8) is 0 Å². The van der Waals surface area contributed by atoms with Gasteiger partial charge in [-0.2, -0.15) is 0 Å². The largest absolute Gasteiger partial charge is 0.492 e. The SMILES string of the molecule is CCOC(=O)c1sc(N2CCC(C)C(C)C2)c(OC)c1N. The van der Waals surface area contributed by atoms with E-state index >= 15 is 0 Å². The first-order valence-corrected chi connectivity index (χ1v) is 8.19. The number of hydrogen-bond acceptors (Lipinski definition) is 6. The van der Waals surface area contributed by atoms with Crippen LogP contribution in [0.15, 0.2) is 0 Å². The minimum atomic E-state index is -0.372. The van der Waals surface area contributed by atoms with Gasteiger partial charge in [0.1, 0.15) is 15.6 Å². The van der Waals surface area contributed by atoms with E-state index in [4.69, 9.17) is 15.2 Å². The van der Waals surface area contributed by atoms with Crippen LogP contribution in [0.1, 0.15) is 36.9 Å². The van der Waals surface area contributed by atoms with E-state index < -0.39 is 0 Å². The van der Waals surface area contributed by atoms with Crippen LogP contribution in [0.5, 0.6) is 5.75 Å². The maximum absolute atomic E-state index is 12.0. The van der Waals surface area contributed by atoms with Crippen molar-refractivity contribution < 1.29 is 14.3 Å². The smallest absolute Gasteiger partial charge is 0.350 e. The Kier molecular flexibility index (Phi) is 4.98. The van der Waals surface area contributed by atoms with Gasteiger partial charge in [0.2, 0.25) is 0 Å². The molecule has 1 fully saturated rings. The Morgan fingerprint density at radius 1 is 1.43 bits per heavy atom. The van der Waals surface area contributed by atoms with Crippen molar-refractivity contribution in [1.82, 2.24) is 0 Å². The van der Waals surface area contributed by atoms with Gasteiger partial charge in [0.15, 0.2) is 5.75 Å². The lowest BCUT2D eigenvalue weighted by molar-refractivity contribution is 0.0533. The van der Waals surface area contributed by atoms with Crippen molar-refractivity contribution in [3.05, 3.63) is 4.88 Å². The van der Waals surface area contributed by atoms with E-state index in [1.165, 1.54) is 11.3 Å². The van der Waals surface area contributed by atoms with Crippen molar-refractivity contribution in [3.8, 4) is 5.75 Å².